The number of thioether (sulfide) groups is 1. The van der Waals surface area contributed by atoms with Gasteiger partial charge in [0.05, 0.1) is 5.75 Å². The maximum absolute atomic E-state index is 11.8. The molecule has 0 radical (unpaired) electrons. The topological polar surface area (TPSA) is 100.0 Å². The Balaban J connectivity index is 1.89. The summed E-state index contributed by atoms with van der Waals surface area (Å²) in [6, 6.07) is 6.48. The average Bonchev–Trinajstić information content (AvgIpc) is 2.90. The van der Waals surface area contributed by atoms with Crippen LogP contribution in [0.1, 0.15) is 5.56 Å². The van der Waals surface area contributed by atoms with Crippen LogP contribution in [0.5, 0.6) is 0 Å². The molecule has 3 rings (SSSR count). The molecule has 1 aromatic carbocycles. The van der Waals surface area contributed by atoms with Crippen molar-refractivity contribution in [3.8, 4) is 0 Å². The molecule has 2 N–H and O–H groups in total. The van der Waals surface area contributed by atoms with Gasteiger partial charge < -0.3 is 5.32 Å². The van der Waals surface area contributed by atoms with Crippen molar-refractivity contribution >= 4 is 38.7 Å². The third-order valence-corrected chi connectivity index (χ3v) is 4.69. The van der Waals surface area contributed by atoms with Gasteiger partial charge in [0.2, 0.25) is 5.91 Å². The van der Waals surface area contributed by atoms with Crippen molar-refractivity contribution in [2.24, 2.45) is 9.50 Å². The van der Waals surface area contributed by atoms with Gasteiger partial charge in [-0.2, -0.15) is 8.42 Å². The van der Waals surface area contributed by atoms with E-state index in [1.54, 1.807) is 18.2 Å². The molecule has 1 fully saturated rings. The lowest BCUT2D eigenvalue weighted by atomic mass is 10.2. The van der Waals surface area contributed by atoms with E-state index >= 15 is 0 Å². The molecule has 1 saturated heterocycles. The second kappa shape index (κ2) is 4.35. The number of hydrogen-bond donors (Lipinski definition) is 2. The van der Waals surface area contributed by atoms with Crippen LogP contribution in [-0.4, -0.2) is 31.1 Å². The van der Waals surface area contributed by atoms with Gasteiger partial charge in [-0.3, -0.25) is 10.2 Å². The van der Waals surface area contributed by atoms with E-state index in [1.165, 1.54) is 17.8 Å². The van der Waals surface area contributed by atoms with Crippen LogP contribution in [0, 0.1) is 0 Å². The quantitative estimate of drug-likeness (QED) is 0.703. The van der Waals surface area contributed by atoms with Gasteiger partial charge >= 0.3 is 0 Å². The van der Waals surface area contributed by atoms with E-state index in [2.05, 4.69) is 20.2 Å². The monoisotopic (exact) mass is 296 g/mol. The fraction of sp³-hybridized carbons (Fsp3) is 0.100. The minimum atomic E-state index is -3.65. The first-order chi connectivity index (χ1) is 9.06. The number of rotatable bonds is 1. The van der Waals surface area contributed by atoms with Crippen molar-refractivity contribution < 1.29 is 13.2 Å². The maximum Gasteiger partial charge on any atom is 0.285 e. The molecule has 0 spiro atoms. The molecule has 19 heavy (non-hydrogen) atoms. The molecule has 2 heterocycles. The number of hydrazone groups is 1. The Morgan fingerprint density at radius 2 is 2.16 bits per heavy atom. The van der Waals surface area contributed by atoms with E-state index in [0.717, 1.165) is 0 Å². The summed E-state index contributed by atoms with van der Waals surface area (Å²) < 4.78 is 27.1. The Kier molecular flexibility index (Phi) is 2.79. The highest BCUT2D eigenvalue weighted by Crippen LogP contribution is 2.24. The van der Waals surface area contributed by atoms with Crippen molar-refractivity contribution in [1.82, 2.24) is 10.7 Å². The first kappa shape index (κ1) is 12.2. The number of sulfonamides is 1. The normalized spacial score (nSPS) is 22.0. The van der Waals surface area contributed by atoms with Gasteiger partial charge in [-0.15, -0.1) is 9.50 Å². The molecule has 9 heteroatoms. The van der Waals surface area contributed by atoms with Gasteiger partial charge in [0.25, 0.3) is 10.0 Å². The van der Waals surface area contributed by atoms with Crippen LogP contribution < -0.4 is 10.7 Å². The molecule has 0 bridgehead atoms. The predicted molar refractivity (Wildman–Crippen MR) is 71.3 cm³/mol. The Labute approximate surface area is 113 Å². The lowest BCUT2D eigenvalue weighted by Crippen LogP contribution is -2.25. The van der Waals surface area contributed by atoms with Crippen LogP contribution in [0.3, 0.4) is 0 Å². The van der Waals surface area contributed by atoms with Crippen molar-refractivity contribution in [2.45, 2.75) is 4.90 Å². The SMILES string of the molecule is O=C1CS/C(=N/NC2=NS(=O)(=O)c3ccccc32)N1. The molecule has 0 atom stereocenters. The molecular weight excluding hydrogens is 288 g/mol. The highest BCUT2D eigenvalue weighted by Gasteiger charge is 2.28. The number of carbonyl (C=O) groups excluding carboxylic acids is 1. The smallest absolute Gasteiger partial charge is 0.285 e. The van der Waals surface area contributed by atoms with Crippen LogP contribution >= 0.6 is 11.8 Å². The number of nitrogens with one attached hydrogen (secondary N) is 2. The average molecular weight is 296 g/mol. The molecule has 0 aromatic heterocycles. The molecule has 0 saturated carbocycles. The molecule has 98 valence electrons. The number of hydrogen-bond acceptors (Lipinski definition) is 6. The highest BCUT2D eigenvalue weighted by molar-refractivity contribution is 8.15. The number of fused-ring (bicyclic) bond motifs is 1. The zero-order chi connectivity index (χ0) is 13.5. The Hall–Kier alpha value is -1.87. The number of amides is 1. The number of carbonyl (C=O) groups is 1. The van der Waals surface area contributed by atoms with Gasteiger partial charge in [-0.05, 0) is 12.1 Å². The van der Waals surface area contributed by atoms with Crippen LogP contribution in [0.25, 0.3) is 0 Å². The summed E-state index contributed by atoms with van der Waals surface area (Å²) in [5.74, 6) is 0.332. The molecule has 7 nitrogen and oxygen atoms in total. The number of amidine groups is 2. The van der Waals surface area contributed by atoms with Crippen molar-refractivity contribution in [3.63, 3.8) is 0 Å². The van der Waals surface area contributed by atoms with E-state index in [0.29, 0.717) is 16.5 Å². The summed E-state index contributed by atoms with van der Waals surface area (Å²) >= 11 is 1.24. The maximum atomic E-state index is 11.8. The van der Waals surface area contributed by atoms with Crippen LogP contribution in [0.4, 0.5) is 0 Å². The summed E-state index contributed by atoms with van der Waals surface area (Å²) in [6.45, 7) is 0. The van der Waals surface area contributed by atoms with Crippen LogP contribution in [-0.2, 0) is 14.8 Å². The first-order valence-corrected chi connectivity index (χ1v) is 7.69. The Morgan fingerprint density at radius 3 is 2.89 bits per heavy atom. The minimum Gasteiger partial charge on any atom is -0.303 e. The van der Waals surface area contributed by atoms with E-state index in [4.69, 9.17) is 0 Å². The van der Waals surface area contributed by atoms with E-state index < -0.39 is 10.0 Å². The lowest BCUT2D eigenvalue weighted by Gasteiger charge is -2.01. The molecule has 0 unspecified atom stereocenters. The third kappa shape index (κ3) is 2.22. The molecule has 2 aliphatic rings. The molecule has 2 aliphatic heterocycles. The third-order valence-electron chi connectivity index (χ3n) is 2.48. The predicted octanol–water partition coefficient (Wildman–Crippen LogP) is -0.141. The zero-order valence-corrected chi connectivity index (χ0v) is 11.1. The largest absolute Gasteiger partial charge is 0.303 e. The summed E-state index contributed by atoms with van der Waals surface area (Å²) in [7, 11) is -3.65. The van der Waals surface area contributed by atoms with E-state index in [9.17, 15) is 13.2 Å². The minimum absolute atomic E-state index is 0.132. The standard InChI is InChI=1S/C10H8N4O3S2/c15-8-5-18-10(11-8)13-12-9-6-3-1-2-4-7(6)19(16,17)14-9/h1-4H,5H2,(H,12,14)(H,11,13,15). The first-order valence-electron chi connectivity index (χ1n) is 5.27. The fourth-order valence-electron chi connectivity index (χ4n) is 1.68. The molecule has 1 aromatic rings. The number of nitrogens with zero attached hydrogens (tertiary/aromatic N) is 2. The van der Waals surface area contributed by atoms with E-state index in [-0.39, 0.29) is 16.6 Å². The number of benzene rings is 1. The zero-order valence-electron chi connectivity index (χ0n) is 9.45. The van der Waals surface area contributed by atoms with Gasteiger partial charge in [0.15, 0.2) is 11.0 Å². The van der Waals surface area contributed by atoms with Gasteiger partial charge in [0.1, 0.15) is 4.90 Å². The van der Waals surface area contributed by atoms with Crippen LogP contribution in [0.2, 0.25) is 0 Å². The summed E-state index contributed by atoms with van der Waals surface area (Å²) in [5, 5.41) is 6.85. The summed E-state index contributed by atoms with van der Waals surface area (Å²) in [5.41, 5.74) is 3.05. The Bertz CT molecular complexity index is 724. The lowest BCUT2D eigenvalue weighted by molar-refractivity contribution is -0.116. The van der Waals surface area contributed by atoms with Gasteiger partial charge in [-0.1, -0.05) is 23.9 Å². The fourth-order valence-corrected chi connectivity index (χ4v) is 3.48. The van der Waals surface area contributed by atoms with Crippen LogP contribution in [0.15, 0.2) is 38.7 Å². The molecule has 1 amide bonds. The second-order valence-electron chi connectivity index (χ2n) is 3.78. The van der Waals surface area contributed by atoms with Crippen molar-refractivity contribution in [2.75, 3.05) is 5.75 Å². The van der Waals surface area contributed by atoms with Gasteiger partial charge in [-0.25, -0.2) is 0 Å². The Morgan fingerprint density at radius 1 is 1.37 bits per heavy atom. The summed E-state index contributed by atoms with van der Waals surface area (Å²) in [6.07, 6.45) is 0. The van der Waals surface area contributed by atoms with E-state index in [1.807, 2.05) is 0 Å². The second-order valence-corrected chi connectivity index (χ2v) is 6.31. The highest BCUT2D eigenvalue weighted by atomic mass is 32.2. The van der Waals surface area contributed by atoms with Crippen molar-refractivity contribution in [3.05, 3.63) is 29.8 Å². The van der Waals surface area contributed by atoms with Crippen molar-refractivity contribution in [1.29, 1.82) is 0 Å². The van der Waals surface area contributed by atoms with Gasteiger partial charge in [0, 0.05) is 5.56 Å². The molecule has 0 aliphatic carbocycles. The summed E-state index contributed by atoms with van der Waals surface area (Å²) in [4.78, 5) is 11.1. The molecular formula is C10H8N4O3S2.